The number of hydrogen-bond acceptors (Lipinski definition) is 6. The Hall–Kier alpha value is -2.67. The second-order valence-electron chi connectivity index (χ2n) is 5.93. The molecule has 2 aromatic carbocycles. The van der Waals surface area contributed by atoms with Crippen molar-refractivity contribution in [2.24, 2.45) is 0 Å². The van der Waals surface area contributed by atoms with Crippen LogP contribution in [0.1, 0.15) is 17.8 Å². The molecule has 0 amide bonds. The minimum Gasteiger partial charge on any atom is -0.497 e. The minimum atomic E-state index is -3.29. The second-order valence-corrected chi connectivity index (χ2v) is 8.11. The molecule has 0 spiro atoms. The van der Waals surface area contributed by atoms with Gasteiger partial charge in [0.05, 0.1) is 12.9 Å². The van der Waals surface area contributed by atoms with Crippen LogP contribution in [0.4, 0.5) is 0 Å². The molecule has 1 aromatic heterocycles. The summed E-state index contributed by atoms with van der Waals surface area (Å²) in [6, 6.07) is 16.9. The minimum absolute atomic E-state index is 0.0916. The molecule has 7 heteroatoms. The van der Waals surface area contributed by atoms with Gasteiger partial charge in [-0.05, 0) is 42.7 Å². The van der Waals surface area contributed by atoms with Crippen LogP contribution in [0.5, 0.6) is 5.75 Å². The van der Waals surface area contributed by atoms with Crippen LogP contribution in [0.2, 0.25) is 0 Å². The summed E-state index contributed by atoms with van der Waals surface area (Å²) in [5.41, 5.74) is 1.84. The summed E-state index contributed by atoms with van der Waals surface area (Å²) in [5.74, 6) is 1.06. The van der Waals surface area contributed by atoms with E-state index in [9.17, 15) is 8.42 Å². The van der Waals surface area contributed by atoms with E-state index in [0.29, 0.717) is 17.9 Å². The van der Waals surface area contributed by atoms with E-state index in [2.05, 4.69) is 10.1 Å². The molecule has 0 saturated heterocycles. The Balaban J connectivity index is 1.58. The van der Waals surface area contributed by atoms with Gasteiger partial charge in [-0.2, -0.15) is 4.98 Å². The summed E-state index contributed by atoms with van der Waals surface area (Å²) in [7, 11) is -1.70. The SMILES string of the molecule is COc1ccc(-c2nc(CS(=O)(=O)CCCc3ccccc3)no2)cc1. The lowest BCUT2D eigenvalue weighted by atomic mass is 10.1. The average Bonchev–Trinajstić information content (AvgIpc) is 3.10. The van der Waals surface area contributed by atoms with Gasteiger partial charge in [-0.3, -0.25) is 0 Å². The topological polar surface area (TPSA) is 82.3 Å². The number of aryl methyl sites for hydroxylation is 1. The van der Waals surface area contributed by atoms with Gasteiger partial charge in [-0.25, -0.2) is 8.42 Å². The average molecular weight is 372 g/mol. The highest BCUT2D eigenvalue weighted by Gasteiger charge is 2.17. The first kappa shape index (κ1) is 18.1. The summed E-state index contributed by atoms with van der Waals surface area (Å²) in [6.45, 7) is 0. The Morgan fingerprint density at radius 2 is 1.77 bits per heavy atom. The monoisotopic (exact) mass is 372 g/mol. The zero-order valence-corrected chi connectivity index (χ0v) is 15.3. The van der Waals surface area contributed by atoms with Crippen molar-refractivity contribution in [1.82, 2.24) is 10.1 Å². The lowest BCUT2D eigenvalue weighted by Crippen LogP contribution is -2.11. The molecule has 26 heavy (non-hydrogen) atoms. The van der Waals surface area contributed by atoms with E-state index >= 15 is 0 Å². The third-order valence-corrected chi connectivity index (χ3v) is 5.53. The zero-order chi connectivity index (χ0) is 18.4. The van der Waals surface area contributed by atoms with Gasteiger partial charge in [0.25, 0.3) is 5.89 Å². The molecule has 0 radical (unpaired) electrons. The number of rotatable bonds is 8. The first-order valence-electron chi connectivity index (χ1n) is 8.27. The molecule has 0 aliphatic carbocycles. The molecule has 0 N–H and O–H groups in total. The van der Waals surface area contributed by atoms with Crippen molar-refractivity contribution in [1.29, 1.82) is 0 Å². The largest absolute Gasteiger partial charge is 0.497 e. The van der Waals surface area contributed by atoms with Crippen molar-refractivity contribution in [2.75, 3.05) is 12.9 Å². The van der Waals surface area contributed by atoms with Crippen molar-refractivity contribution >= 4 is 9.84 Å². The fourth-order valence-corrected chi connectivity index (χ4v) is 3.81. The van der Waals surface area contributed by atoms with Crippen LogP contribution in [-0.4, -0.2) is 31.4 Å². The van der Waals surface area contributed by atoms with Gasteiger partial charge >= 0.3 is 0 Å². The number of sulfone groups is 1. The Morgan fingerprint density at radius 3 is 2.46 bits per heavy atom. The summed E-state index contributed by atoms with van der Waals surface area (Å²) in [4.78, 5) is 4.19. The smallest absolute Gasteiger partial charge is 0.257 e. The van der Waals surface area contributed by atoms with Crippen molar-refractivity contribution in [3.8, 4) is 17.2 Å². The molecule has 136 valence electrons. The molecule has 6 nitrogen and oxygen atoms in total. The van der Waals surface area contributed by atoms with E-state index in [1.165, 1.54) is 0 Å². The molecule has 0 saturated carbocycles. The van der Waals surface area contributed by atoms with E-state index in [4.69, 9.17) is 9.26 Å². The number of methoxy groups -OCH3 is 1. The first-order chi connectivity index (χ1) is 12.6. The summed E-state index contributed by atoms with van der Waals surface area (Å²) in [6.07, 6.45) is 1.29. The van der Waals surface area contributed by atoms with Crippen molar-refractivity contribution < 1.29 is 17.7 Å². The second kappa shape index (κ2) is 8.14. The fraction of sp³-hybridized carbons (Fsp3) is 0.263. The number of ether oxygens (including phenoxy) is 1. The van der Waals surface area contributed by atoms with Gasteiger partial charge in [0.1, 0.15) is 11.5 Å². The van der Waals surface area contributed by atoms with E-state index < -0.39 is 9.84 Å². The predicted molar refractivity (Wildman–Crippen MR) is 98.5 cm³/mol. The highest BCUT2D eigenvalue weighted by molar-refractivity contribution is 7.90. The quantitative estimate of drug-likeness (QED) is 0.603. The molecule has 3 aromatic rings. The number of hydrogen-bond donors (Lipinski definition) is 0. The lowest BCUT2D eigenvalue weighted by molar-refractivity contribution is 0.414. The lowest BCUT2D eigenvalue weighted by Gasteiger charge is -2.02. The van der Waals surface area contributed by atoms with Crippen molar-refractivity contribution in [2.45, 2.75) is 18.6 Å². The molecule has 0 aliphatic heterocycles. The highest BCUT2D eigenvalue weighted by Crippen LogP contribution is 2.21. The predicted octanol–water partition coefficient (Wildman–Crippen LogP) is 3.29. The Bertz CT molecular complexity index is 935. The van der Waals surface area contributed by atoms with Crippen LogP contribution < -0.4 is 4.74 Å². The van der Waals surface area contributed by atoms with Crippen LogP contribution in [-0.2, 0) is 22.0 Å². The maximum Gasteiger partial charge on any atom is 0.257 e. The van der Waals surface area contributed by atoms with E-state index in [-0.39, 0.29) is 17.3 Å². The number of aromatic nitrogens is 2. The normalized spacial score (nSPS) is 11.4. The van der Waals surface area contributed by atoms with E-state index in [1.807, 2.05) is 30.3 Å². The summed E-state index contributed by atoms with van der Waals surface area (Å²) in [5, 5.41) is 3.79. The van der Waals surface area contributed by atoms with Crippen molar-refractivity contribution in [3.63, 3.8) is 0 Å². The number of nitrogens with zero attached hydrogens (tertiary/aromatic N) is 2. The van der Waals surface area contributed by atoms with Crippen LogP contribution in [0, 0.1) is 0 Å². The Kier molecular flexibility index (Phi) is 5.68. The van der Waals surface area contributed by atoms with Crippen molar-refractivity contribution in [3.05, 3.63) is 66.0 Å². The van der Waals surface area contributed by atoms with Crippen LogP contribution in [0.25, 0.3) is 11.5 Å². The van der Waals surface area contributed by atoms with E-state index in [1.54, 1.807) is 31.4 Å². The molecule has 1 heterocycles. The van der Waals surface area contributed by atoms with Gasteiger partial charge in [0, 0.05) is 5.56 Å². The molecule has 0 atom stereocenters. The van der Waals surface area contributed by atoms with Gasteiger partial charge in [0.15, 0.2) is 15.7 Å². The Labute approximate surface area is 152 Å². The van der Waals surface area contributed by atoms with Gasteiger partial charge < -0.3 is 9.26 Å². The van der Waals surface area contributed by atoms with Crippen LogP contribution >= 0.6 is 0 Å². The zero-order valence-electron chi connectivity index (χ0n) is 14.5. The standard InChI is InChI=1S/C19H20N2O4S/c1-24-17-11-9-16(10-12-17)19-20-18(21-25-19)14-26(22,23)13-5-8-15-6-3-2-4-7-15/h2-4,6-7,9-12H,5,8,13-14H2,1H3. The maximum absolute atomic E-state index is 12.3. The molecular weight excluding hydrogens is 352 g/mol. The molecular formula is C19H20N2O4S. The summed E-state index contributed by atoms with van der Waals surface area (Å²) >= 11 is 0. The third kappa shape index (κ3) is 4.92. The maximum atomic E-state index is 12.3. The number of benzene rings is 2. The summed E-state index contributed by atoms with van der Waals surface area (Å²) < 4.78 is 34.8. The van der Waals surface area contributed by atoms with Gasteiger partial charge in [-0.1, -0.05) is 35.5 Å². The highest BCUT2D eigenvalue weighted by atomic mass is 32.2. The molecule has 0 fully saturated rings. The van der Waals surface area contributed by atoms with Gasteiger partial charge in [0.2, 0.25) is 0 Å². The van der Waals surface area contributed by atoms with E-state index in [0.717, 1.165) is 17.7 Å². The molecule has 3 rings (SSSR count). The van der Waals surface area contributed by atoms with Crippen LogP contribution in [0.3, 0.4) is 0 Å². The molecule has 0 aliphatic rings. The molecule has 0 unspecified atom stereocenters. The first-order valence-corrected chi connectivity index (χ1v) is 10.1. The Morgan fingerprint density at radius 1 is 1.04 bits per heavy atom. The third-order valence-electron chi connectivity index (χ3n) is 3.92. The van der Waals surface area contributed by atoms with Gasteiger partial charge in [-0.15, -0.1) is 0 Å². The van der Waals surface area contributed by atoms with Crippen LogP contribution in [0.15, 0.2) is 59.1 Å². The molecule has 0 bridgehead atoms. The fourth-order valence-electron chi connectivity index (χ4n) is 2.57.